The van der Waals surface area contributed by atoms with Gasteiger partial charge in [0.15, 0.2) is 0 Å². The topological polar surface area (TPSA) is 77.6 Å². The van der Waals surface area contributed by atoms with Crippen LogP contribution in [0, 0.1) is 0 Å². The first-order valence-electron chi connectivity index (χ1n) is 9.76. The third kappa shape index (κ3) is 3.70. The Balaban J connectivity index is 1.52. The summed E-state index contributed by atoms with van der Waals surface area (Å²) in [5, 5.41) is 0.919. The number of aromatic amines is 1. The standard InChI is InChI=1S/C19H27FN6O2/c1-19(2,3)28-18(27)25-8-6-24(7-9-25)17-15-14(26-5-4-13(20)11-26)10-21-16(15)22-12-23-17/h10,12-13H,4-9,11H2,1-3H3,(H,21,22,23). The van der Waals surface area contributed by atoms with Crippen LogP contribution >= 0.6 is 0 Å². The van der Waals surface area contributed by atoms with Crippen LogP contribution in [-0.2, 0) is 4.74 Å². The minimum absolute atomic E-state index is 0.284. The molecule has 9 heteroatoms. The number of hydrogen-bond donors (Lipinski definition) is 1. The molecule has 1 atom stereocenters. The van der Waals surface area contributed by atoms with Crippen molar-refractivity contribution in [3.8, 4) is 0 Å². The minimum Gasteiger partial charge on any atom is -0.444 e. The van der Waals surface area contributed by atoms with Crippen molar-refractivity contribution in [1.29, 1.82) is 0 Å². The summed E-state index contributed by atoms with van der Waals surface area (Å²) in [6.45, 7) is 9.13. The smallest absolute Gasteiger partial charge is 0.410 e. The fourth-order valence-corrected chi connectivity index (χ4v) is 3.78. The lowest BCUT2D eigenvalue weighted by molar-refractivity contribution is 0.0240. The summed E-state index contributed by atoms with van der Waals surface area (Å²) < 4.78 is 19.2. The molecular weight excluding hydrogens is 363 g/mol. The molecule has 0 aliphatic carbocycles. The maximum atomic E-state index is 13.7. The lowest BCUT2D eigenvalue weighted by atomic mass is 10.2. The van der Waals surface area contributed by atoms with E-state index in [1.165, 1.54) is 0 Å². The zero-order valence-electron chi connectivity index (χ0n) is 16.6. The van der Waals surface area contributed by atoms with Crippen LogP contribution in [0.4, 0.5) is 20.7 Å². The molecule has 0 radical (unpaired) electrons. The molecule has 8 nitrogen and oxygen atoms in total. The van der Waals surface area contributed by atoms with Crippen LogP contribution < -0.4 is 9.80 Å². The molecule has 0 aromatic carbocycles. The number of halogens is 1. The van der Waals surface area contributed by atoms with Gasteiger partial charge in [0.25, 0.3) is 0 Å². The summed E-state index contributed by atoms with van der Waals surface area (Å²) >= 11 is 0. The van der Waals surface area contributed by atoms with Gasteiger partial charge in [-0.15, -0.1) is 0 Å². The largest absolute Gasteiger partial charge is 0.444 e. The summed E-state index contributed by atoms with van der Waals surface area (Å²) in [6, 6.07) is 0. The van der Waals surface area contributed by atoms with Gasteiger partial charge in [0.1, 0.15) is 29.6 Å². The van der Waals surface area contributed by atoms with Crippen LogP contribution in [-0.4, -0.2) is 77.0 Å². The van der Waals surface area contributed by atoms with Gasteiger partial charge in [-0.05, 0) is 27.2 Å². The third-order valence-corrected chi connectivity index (χ3v) is 5.13. The van der Waals surface area contributed by atoms with Crippen molar-refractivity contribution in [2.75, 3.05) is 49.1 Å². The van der Waals surface area contributed by atoms with Crippen molar-refractivity contribution in [3.63, 3.8) is 0 Å². The molecule has 2 aromatic rings. The third-order valence-electron chi connectivity index (χ3n) is 5.13. The van der Waals surface area contributed by atoms with Gasteiger partial charge in [-0.25, -0.2) is 19.2 Å². The molecule has 2 aliphatic rings. The quantitative estimate of drug-likeness (QED) is 0.849. The lowest BCUT2D eigenvalue weighted by Crippen LogP contribution is -2.50. The second kappa shape index (κ2) is 7.10. The van der Waals surface area contributed by atoms with E-state index >= 15 is 0 Å². The predicted molar refractivity (Wildman–Crippen MR) is 106 cm³/mol. The number of ether oxygens (including phenoxy) is 1. The van der Waals surface area contributed by atoms with Gasteiger partial charge in [-0.1, -0.05) is 0 Å². The van der Waals surface area contributed by atoms with Crippen molar-refractivity contribution in [1.82, 2.24) is 19.9 Å². The summed E-state index contributed by atoms with van der Waals surface area (Å²) in [6.07, 6.45) is 2.89. The maximum absolute atomic E-state index is 13.7. The molecule has 28 heavy (non-hydrogen) atoms. The van der Waals surface area contributed by atoms with Gasteiger partial charge in [0, 0.05) is 45.5 Å². The number of alkyl halides is 1. The molecule has 2 saturated heterocycles. The monoisotopic (exact) mass is 390 g/mol. The van der Waals surface area contributed by atoms with Gasteiger partial charge in [0.05, 0.1) is 11.1 Å². The number of aromatic nitrogens is 3. The molecule has 1 amide bonds. The van der Waals surface area contributed by atoms with Crippen LogP contribution in [0.2, 0.25) is 0 Å². The molecule has 0 bridgehead atoms. The number of nitrogens with one attached hydrogen (secondary N) is 1. The van der Waals surface area contributed by atoms with E-state index in [9.17, 15) is 9.18 Å². The molecule has 152 valence electrons. The number of anilines is 2. The number of carbonyl (C=O) groups excluding carboxylic acids is 1. The fourth-order valence-electron chi connectivity index (χ4n) is 3.78. The number of amides is 1. The van der Waals surface area contributed by atoms with Crippen molar-refractivity contribution in [3.05, 3.63) is 12.5 Å². The average Bonchev–Trinajstić information content (AvgIpc) is 3.26. The molecule has 1 N–H and O–H groups in total. The van der Waals surface area contributed by atoms with Crippen LogP contribution in [0.15, 0.2) is 12.5 Å². The second-order valence-corrected chi connectivity index (χ2v) is 8.38. The van der Waals surface area contributed by atoms with E-state index in [1.54, 1.807) is 11.2 Å². The number of H-pyrrole nitrogens is 1. The van der Waals surface area contributed by atoms with Crippen molar-refractivity contribution in [2.45, 2.75) is 39.0 Å². The Morgan fingerprint density at radius 1 is 1.18 bits per heavy atom. The van der Waals surface area contributed by atoms with Gasteiger partial charge in [0.2, 0.25) is 0 Å². The summed E-state index contributed by atoms with van der Waals surface area (Å²) in [5.74, 6) is 0.826. The van der Waals surface area contributed by atoms with Gasteiger partial charge in [-0.3, -0.25) is 0 Å². The first-order valence-corrected chi connectivity index (χ1v) is 9.76. The van der Waals surface area contributed by atoms with E-state index < -0.39 is 11.8 Å². The molecule has 0 saturated carbocycles. The summed E-state index contributed by atoms with van der Waals surface area (Å²) in [5.41, 5.74) is 1.19. The fraction of sp³-hybridized carbons (Fsp3) is 0.632. The summed E-state index contributed by atoms with van der Waals surface area (Å²) in [7, 11) is 0. The number of hydrogen-bond acceptors (Lipinski definition) is 6. The van der Waals surface area contributed by atoms with Crippen molar-refractivity contribution < 1.29 is 13.9 Å². The highest BCUT2D eigenvalue weighted by Crippen LogP contribution is 2.35. The van der Waals surface area contributed by atoms with Crippen molar-refractivity contribution >= 4 is 28.6 Å². The Morgan fingerprint density at radius 3 is 2.57 bits per heavy atom. The van der Waals surface area contributed by atoms with Gasteiger partial charge < -0.3 is 24.4 Å². The van der Waals surface area contributed by atoms with Crippen LogP contribution in [0.1, 0.15) is 27.2 Å². The zero-order chi connectivity index (χ0) is 19.9. The highest BCUT2D eigenvalue weighted by Gasteiger charge is 2.29. The Labute approximate surface area is 163 Å². The van der Waals surface area contributed by atoms with Crippen LogP contribution in [0.25, 0.3) is 11.0 Å². The molecule has 4 rings (SSSR count). The van der Waals surface area contributed by atoms with E-state index in [2.05, 4.69) is 19.9 Å². The van der Waals surface area contributed by atoms with E-state index in [-0.39, 0.29) is 6.09 Å². The SMILES string of the molecule is CC(C)(C)OC(=O)N1CCN(c2ncnc3[nH]cc(N4CCC(F)C4)c23)CC1. The predicted octanol–water partition coefficient (Wildman–Crippen LogP) is 2.56. The van der Waals surface area contributed by atoms with Crippen LogP contribution in [0.5, 0.6) is 0 Å². The molecule has 2 fully saturated rings. The highest BCUT2D eigenvalue weighted by molar-refractivity contribution is 5.99. The normalized spacial score (nSPS) is 20.9. The highest BCUT2D eigenvalue weighted by atomic mass is 19.1. The van der Waals surface area contributed by atoms with Gasteiger partial charge in [-0.2, -0.15) is 0 Å². The molecule has 2 aliphatic heterocycles. The molecule has 2 aromatic heterocycles. The van der Waals surface area contributed by atoms with Gasteiger partial charge >= 0.3 is 6.09 Å². The molecule has 1 unspecified atom stereocenters. The zero-order valence-corrected chi connectivity index (χ0v) is 16.6. The molecular formula is C19H27FN6O2. The Kier molecular flexibility index (Phi) is 4.76. The van der Waals surface area contributed by atoms with E-state index in [0.717, 1.165) is 22.5 Å². The van der Waals surface area contributed by atoms with E-state index in [0.29, 0.717) is 45.7 Å². The number of fused-ring (bicyclic) bond motifs is 1. The van der Waals surface area contributed by atoms with Crippen molar-refractivity contribution in [2.24, 2.45) is 0 Å². The summed E-state index contributed by atoms with van der Waals surface area (Å²) in [4.78, 5) is 30.3. The maximum Gasteiger partial charge on any atom is 0.410 e. The first kappa shape index (κ1) is 18.8. The second-order valence-electron chi connectivity index (χ2n) is 8.38. The number of piperazine rings is 1. The van der Waals surface area contributed by atoms with E-state index in [1.807, 2.05) is 31.9 Å². The lowest BCUT2D eigenvalue weighted by Gasteiger charge is -2.36. The first-order chi connectivity index (χ1) is 13.3. The molecule has 0 spiro atoms. The number of rotatable bonds is 2. The number of nitrogens with zero attached hydrogens (tertiary/aromatic N) is 5. The Bertz CT molecular complexity index is 856. The Hall–Kier alpha value is -2.58. The van der Waals surface area contributed by atoms with Crippen LogP contribution in [0.3, 0.4) is 0 Å². The average molecular weight is 390 g/mol. The minimum atomic E-state index is -0.796. The molecule has 4 heterocycles. The van der Waals surface area contributed by atoms with E-state index in [4.69, 9.17) is 4.74 Å². The Morgan fingerprint density at radius 2 is 1.93 bits per heavy atom. The number of carbonyl (C=O) groups is 1.